The summed E-state index contributed by atoms with van der Waals surface area (Å²) in [5.41, 5.74) is 2.73. The lowest BCUT2D eigenvalue weighted by Gasteiger charge is -2.09. The molecule has 0 saturated heterocycles. The highest BCUT2D eigenvalue weighted by Gasteiger charge is 2.16. The molecule has 0 aliphatic heterocycles. The van der Waals surface area contributed by atoms with E-state index in [9.17, 15) is 13.2 Å². The topological polar surface area (TPSA) is 101 Å². The van der Waals surface area contributed by atoms with Crippen molar-refractivity contribution < 1.29 is 13.2 Å². The van der Waals surface area contributed by atoms with Gasteiger partial charge >= 0.3 is 0 Å². The summed E-state index contributed by atoms with van der Waals surface area (Å²) in [4.78, 5) is 20.6. The van der Waals surface area contributed by atoms with Gasteiger partial charge < -0.3 is 5.32 Å². The number of sulfonamides is 1. The van der Waals surface area contributed by atoms with Gasteiger partial charge in [-0.15, -0.1) is 0 Å². The Morgan fingerprint density at radius 3 is 2.27 bits per heavy atom. The molecule has 3 aromatic carbocycles. The van der Waals surface area contributed by atoms with Gasteiger partial charge in [-0.2, -0.15) is 0 Å². The van der Waals surface area contributed by atoms with E-state index in [1.807, 2.05) is 42.5 Å². The molecule has 8 heteroatoms. The van der Waals surface area contributed by atoms with E-state index in [1.165, 1.54) is 30.3 Å². The molecule has 4 rings (SSSR count). The van der Waals surface area contributed by atoms with Gasteiger partial charge in [-0.1, -0.05) is 42.5 Å². The number of nitrogens with zero attached hydrogens (tertiary/aromatic N) is 2. The van der Waals surface area contributed by atoms with Gasteiger partial charge in [0.2, 0.25) is 11.9 Å². The quantitative estimate of drug-likeness (QED) is 0.408. The molecule has 7 nitrogen and oxygen atoms in total. The molecular weight excluding hydrogens is 436 g/mol. The zero-order chi connectivity index (χ0) is 23.4. The average Bonchev–Trinajstić information content (AvgIpc) is 2.77. The predicted molar refractivity (Wildman–Crippen MR) is 130 cm³/mol. The maximum atomic E-state index is 12.6. The monoisotopic (exact) mass is 458 g/mol. The van der Waals surface area contributed by atoms with E-state index < -0.39 is 10.0 Å². The number of amides is 1. The molecule has 1 amide bonds. The number of fused-ring (bicyclic) bond motifs is 1. The molecule has 33 heavy (non-hydrogen) atoms. The second-order valence-electron chi connectivity index (χ2n) is 7.50. The van der Waals surface area contributed by atoms with E-state index in [0.717, 1.165) is 16.3 Å². The zero-order valence-corrected chi connectivity index (χ0v) is 18.9. The first-order chi connectivity index (χ1) is 15.8. The molecule has 2 N–H and O–H groups in total. The Kier molecular flexibility index (Phi) is 6.19. The number of anilines is 2. The van der Waals surface area contributed by atoms with E-state index >= 15 is 0 Å². The van der Waals surface area contributed by atoms with Gasteiger partial charge in [-0.05, 0) is 66.6 Å². The van der Waals surface area contributed by atoms with Crippen LogP contribution in [0.25, 0.3) is 16.8 Å². The predicted octanol–water partition coefficient (Wildman–Crippen LogP) is 4.70. The fourth-order valence-corrected chi connectivity index (χ4v) is 4.36. The molecule has 0 unspecified atom stereocenters. The number of hydrogen-bond donors (Lipinski definition) is 2. The van der Waals surface area contributed by atoms with Gasteiger partial charge in [-0.3, -0.25) is 4.79 Å². The summed E-state index contributed by atoms with van der Waals surface area (Å²) in [6.45, 7) is 3.53. The Labute approximate surface area is 192 Å². The number of aromatic nitrogens is 2. The second-order valence-corrected chi connectivity index (χ2v) is 9.18. The van der Waals surface area contributed by atoms with Crippen LogP contribution in [-0.2, 0) is 14.8 Å². The van der Waals surface area contributed by atoms with Crippen molar-refractivity contribution in [1.29, 1.82) is 0 Å². The molecule has 0 bridgehead atoms. The summed E-state index contributed by atoms with van der Waals surface area (Å²) in [6, 6.07) is 21.5. The molecule has 4 aromatic rings. The second kappa shape index (κ2) is 9.22. The van der Waals surface area contributed by atoms with Crippen LogP contribution in [-0.4, -0.2) is 24.3 Å². The number of aryl methyl sites for hydroxylation is 2. The Morgan fingerprint density at radius 2 is 1.55 bits per heavy atom. The summed E-state index contributed by atoms with van der Waals surface area (Å²) < 4.78 is 27.7. The van der Waals surface area contributed by atoms with E-state index in [1.54, 1.807) is 26.0 Å². The molecule has 0 saturated carbocycles. The highest BCUT2D eigenvalue weighted by Crippen LogP contribution is 2.20. The van der Waals surface area contributed by atoms with Crippen LogP contribution in [0, 0.1) is 13.8 Å². The highest BCUT2D eigenvalue weighted by atomic mass is 32.2. The number of nitrogens with one attached hydrogen (secondary N) is 2. The first-order valence-corrected chi connectivity index (χ1v) is 11.7. The maximum Gasteiger partial charge on any atom is 0.264 e. The third-order valence-corrected chi connectivity index (χ3v) is 6.22. The maximum absolute atomic E-state index is 12.6. The number of carbonyl (C=O) groups is 1. The first kappa shape index (κ1) is 22.2. The van der Waals surface area contributed by atoms with Crippen molar-refractivity contribution in [3.63, 3.8) is 0 Å². The smallest absolute Gasteiger partial charge is 0.264 e. The van der Waals surface area contributed by atoms with Crippen LogP contribution in [0.4, 0.5) is 11.6 Å². The van der Waals surface area contributed by atoms with Gasteiger partial charge in [-0.25, -0.2) is 23.1 Å². The Morgan fingerprint density at radius 1 is 0.879 bits per heavy atom. The van der Waals surface area contributed by atoms with Crippen molar-refractivity contribution in [1.82, 2.24) is 9.97 Å². The molecule has 0 atom stereocenters. The van der Waals surface area contributed by atoms with Gasteiger partial charge in [0.1, 0.15) is 0 Å². The SMILES string of the molecule is Cc1cc(C)nc(NS(=O)(=O)c2ccc(NC(=O)/C=C/c3cccc4ccccc34)cc2)n1. The molecule has 1 aromatic heterocycles. The van der Waals surface area contributed by atoms with E-state index in [-0.39, 0.29) is 16.8 Å². The van der Waals surface area contributed by atoms with Crippen LogP contribution < -0.4 is 10.0 Å². The molecule has 166 valence electrons. The summed E-state index contributed by atoms with van der Waals surface area (Å²) in [5, 5.41) is 4.89. The molecular formula is C25H22N4O3S. The molecule has 0 radical (unpaired) electrons. The van der Waals surface area contributed by atoms with Crippen LogP contribution in [0.5, 0.6) is 0 Å². The van der Waals surface area contributed by atoms with Gasteiger partial charge in [0.05, 0.1) is 4.90 Å². The largest absolute Gasteiger partial charge is 0.323 e. The van der Waals surface area contributed by atoms with Crippen LogP contribution in [0.3, 0.4) is 0 Å². The lowest BCUT2D eigenvalue weighted by atomic mass is 10.0. The van der Waals surface area contributed by atoms with E-state index in [2.05, 4.69) is 20.0 Å². The number of hydrogen-bond acceptors (Lipinski definition) is 5. The summed E-state index contributed by atoms with van der Waals surface area (Å²) in [7, 11) is -3.86. The minimum Gasteiger partial charge on any atom is -0.323 e. The van der Waals surface area contributed by atoms with Crippen molar-refractivity contribution in [3.8, 4) is 0 Å². The Bertz CT molecular complexity index is 1440. The summed E-state index contributed by atoms with van der Waals surface area (Å²) in [5.74, 6) is -0.302. The lowest BCUT2D eigenvalue weighted by Crippen LogP contribution is -2.16. The van der Waals surface area contributed by atoms with Crippen LogP contribution in [0.1, 0.15) is 17.0 Å². The Balaban J connectivity index is 1.44. The van der Waals surface area contributed by atoms with E-state index in [4.69, 9.17) is 0 Å². The van der Waals surface area contributed by atoms with Crippen molar-refractivity contribution in [2.24, 2.45) is 0 Å². The van der Waals surface area contributed by atoms with E-state index in [0.29, 0.717) is 17.1 Å². The fraction of sp³-hybridized carbons (Fsp3) is 0.0800. The highest BCUT2D eigenvalue weighted by molar-refractivity contribution is 7.92. The zero-order valence-electron chi connectivity index (χ0n) is 18.1. The molecule has 1 heterocycles. The lowest BCUT2D eigenvalue weighted by molar-refractivity contribution is -0.111. The fourth-order valence-electron chi connectivity index (χ4n) is 3.41. The standard InChI is InChI=1S/C25H22N4O3S/c1-17-16-18(2)27-25(26-17)29-33(31,32)22-13-11-21(12-14-22)28-24(30)15-10-20-8-5-7-19-6-3-4-9-23(19)20/h3-16H,1-2H3,(H,28,30)(H,26,27,29)/b15-10+. The molecule has 0 aliphatic carbocycles. The first-order valence-electron chi connectivity index (χ1n) is 10.2. The van der Waals surface area contributed by atoms with Crippen LogP contribution in [0.15, 0.2) is 83.8 Å². The molecule has 0 aliphatic rings. The van der Waals surface area contributed by atoms with Crippen molar-refractivity contribution in [3.05, 3.63) is 95.8 Å². The van der Waals surface area contributed by atoms with Crippen LogP contribution in [0.2, 0.25) is 0 Å². The Hall–Kier alpha value is -4.04. The normalized spacial score (nSPS) is 11.6. The van der Waals surface area contributed by atoms with Crippen molar-refractivity contribution in [2.75, 3.05) is 10.0 Å². The number of benzene rings is 3. The third-order valence-electron chi connectivity index (χ3n) is 4.88. The number of rotatable bonds is 6. The molecule has 0 spiro atoms. The van der Waals surface area contributed by atoms with Gasteiger partial charge in [0, 0.05) is 23.2 Å². The van der Waals surface area contributed by atoms with Gasteiger partial charge in [0.25, 0.3) is 10.0 Å². The average molecular weight is 459 g/mol. The summed E-state index contributed by atoms with van der Waals surface area (Å²) >= 11 is 0. The van der Waals surface area contributed by atoms with Gasteiger partial charge in [0.15, 0.2) is 0 Å². The summed E-state index contributed by atoms with van der Waals surface area (Å²) in [6.07, 6.45) is 3.20. The number of carbonyl (C=O) groups excluding carboxylic acids is 1. The van der Waals surface area contributed by atoms with Crippen molar-refractivity contribution >= 4 is 44.4 Å². The van der Waals surface area contributed by atoms with Crippen LogP contribution >= 0.6 is 0 Å². The minimum atomic E-state index is -3.86. The molecule has 0 fully saturated rings. The third kappa shape index (κ3) is 5.42. The minimum absolute atomic E-state index is 0.0171. The van der Waals surface area contributed by atoms with Crippen molar-refractivity contribution in [2.45, 2.75) is 18.7 Å².